The molecule has 0 aromatic heterocycles. The molecule has 6 aromatic carbocycles. The average Bonchev–Trinajstić information content (AvgIpc) is 3.21. The minimum atomic E-state index is -5.85. The Balaban J connectivity index is 1.19. The summed E-state index contributed by atoms with van der Waals surface area (Å²) in [4.78, 5) is 0.186. The molecule has 0 fully saturated rings. The first-order valence-corrected chi connectivity index (χ1v) is 22.0. The highest BCUT2D eigenvalue weighted by Crippen LogP contribution is 2.56. The molecule has 0 N–H and O–H groups in total. The number of hydrogen-bond donors (Lipinski definition) is 0. The highest BCUT2D eigenvalue weighted by molar-refractivity contribution is 7.91. The van der Waals surface area contributed by atoms with Gasteiger partial charge in [-0.05, 0) is 133 Å². The fourth-order valence-corrected chi connectivity index (χ4v) is 9.35. The minimum Gasteiger partial charge on any atom is -0.486 e. The van der Waals surface area contributed by atoms with Crippen molar-refractivity contribution in [3.05, 3.63) is 173 Å². The maximum Gasteiger partial charge on any atom is 0.411 e. The normalized spacial score (nSPS) is 13.4. The van der Waals surface area contributed by atoms with Gasteiger partial charge in [-0.25, -0.2) is 16.8 Å². The van der Waals surface area contributed by atoms with Crippen LogP contribution in [0.1, 0.15) is 68.0 Å². The van der Waals surface area contributed by atoms with Crippen LogP contribution in [0.3, 0.4) is 0 Å². The van der Waals surface area contributed by atoms with E-state index in [-0.39, 0.29) is 42.2 Å². The molecule has 1 unspecified atom stereocenters. The first-order chi connectivity index (χ1) is 28.5. The first-order valence-electron chi connectivity index (χ1n) is 19.1. The number of hydrogen-bond acceptors (Lipinski definition) is 6. The van der Waals surface area contributed by atoms with Gasteiger partial charge in [0.1, 0.15) is 23.4 Å². The fourth-order valence-electron chi connectivity index (χ4n) is 6.83. The standard InChI is InChI=1S/C47H42F6O6S2/c1-6-44(4,5)34-15-27-42(28-16-34)61(56,57)43-29-21-39(22-30-43)59-38-19-13-36(14-20-38)45(46(48,49)50,47(51,52)53)35-11-17-37(18-12-35)58-32(3)33-9-25-41(26-10-33)60(54,55)40-23-7-31(2)8-24-40/h7-30,32H,6H2,1-5H3. The number of ether oxygens (including phenoxy) is 2. The molecular weight excluding hydrogens is 839 g/mol. The number of sulfone groups is 2. The molecule has 1 atom stereocenters. The van der Waals surface area contributed by atoms with E-state index >= 15 is 0 Å². The summed E-state index contributed by atoms with van der Waals surface area (Å²) in [5.74, 6) is -0.0229. The van der Waals surface area contributed by atoms with E-state index in [1.807, 2.05) is 13.8 Å². The lowest BCUT2D eigenvalue weighted by Gasteiger charge is -2.38. The van der Waals surface area contributed by atoms with Gasteiger partial charge in [0, 0.05) is 0 Å². The third kappa shape index (κ3) is 8.92. The van der Waals surface area contributed by atoms with Gasteiger partial charge in [0.05, 0.1) is 19.6 Å². The molecule has 0 aliphatic heterocycles. The molecule has 0 amide bonds. The Bertz CT molecular complexity index is 2660. The molecule has 6 nitrogen and oxygen atoms in total. The molecule has 0 heterocycles. The topological polar surface area (TPSA) is 86.7 Å². The molecule has 0 aliphatic carbocycles. The molecular formula is C47H42F6O6S2. The van der Waals surface area contributed by atoms with E-state index in [2.05, 4.69) is 13.8 Å². The van der Waals surface area contributed by atoms with Crippen molar-refractivity contribution in [1.82, 2.24) is 0 Å². The smallest absolute Gasteiger partial charge is 0.411 e. The Labute approximate surface area is 351 Å². The predicted molar refractivity (Wildman–Crippen MR) is 220 cm³/mol. The Hall–Kier alpha value is -5.60. The summed E-state index contributed by atoms with van der Waals surface area (Å²) in [5, 5.41) is 0. The van der Waals surface area contributed by atoms with Crippen LogP contribution in [0.2, 0.25) is 0 Å². The largest absolute Gasteiger partial charge is 0.486 e. The lowest BCUT2D eigenvalue weighted by Crippen LogP contribution is -2.54. The van der Waals surface area contributed by atoms with E-state index in [0.717, 1.165) is 41.8 Å². The highest BCUT2D eigenvalue weighted by atomic mass is 32.2. The minimum absolute atomic E-state index is 0.0256. The van der Waals surface area contributed by atoms with E-state index in [0.29, 0.717) is 29.8 Å². The van der Waals surface area contributed by atoms with Crippen molar-refractivity contribution in [2.45, 2.75) is 89.9 Å². The van der Waals surface area contributed by atoms with Crippen LogP contribution in [0.15, 0.2) is 165 Å². The average molecular weight is 881 g/mol. The summed E-state index contributed by atoms with van der Waals surface area (Å²) in [5.41, 5.74) is -4.42. The molecule has 0 bridgehead atoms. The molecule has 0 saturated carbocycles. The van der Waals surface area contributed by atoms with Crippen molar-refractivity contribution < 1.29 is 52.7 Å². The molecule has 61 heavy (non-hydrogen) atoms. The number of rotatable bonds is 13. The number of halogens is 6. The molecule has 0 aliphatic rings. The third-order valence-corrected chi connectivity index (χ3v) is 14.5. The van der Waals surface area contributed by atoms with Crippen LogP contribution in [0.4, 0.5) is 26.3 Å². The second kappa shape index (κ2) is 16.7. The molecule has 14 heteroatoms. The lowest BCUT2D eigenvalue weighted by molar-refractivity contribution is -0.288. The molecule has 6 aromatic rings. The fraction of sp³-hybridized carbons (Fsp3) is 0.234. The van der Waals surface area contributed by atoms with Crippen molar-refractivity contribution in [2.75, 3.05) is 0 Å². The maximum atomic E-state index is 14.9. The van der Waals surface area contributed by atoms with Crippen LogP contribution in [-0.2, 0) is 30.5 Å². The predicted octanol–water partition coefficient (Wildman–Crippen LogP) is 12.7. The summed E-state index contributed by atoms with van der Waals surface area (Å²) in [6.07, 6.45) is -11.6. The van der Waals surface area contributed by atoms with Crippen LogP contribution in [0, 0.1) is 6.92 Å². The lowest BCUT2D eigenvalue weighted by atomic mass is 9.73. The van der Waals surface area contributed by atoms with Gasteiger partial charge in [-0.3, -0.25) is 0 Å². The van der Waals surface area contributed by atoms with E-state index in [1.54, 1.807) is 31.2 Å². The van der Waals surface area contributed by atoms with Crippen LogP contribution in [0.5, 0.6) is 17.2 Å². The van der Waals surface area contributed by atoms with E-state index in [1.165, 1.54) is 72.8 Å². The Kier molecular flexibility index (Phi) is 12.3. The van der Waals surface area contributed by atoms with Crippen LogP contribution >= 0.6 is 0 Å². The Morgan fingerprint density at radius 3 is 1.21 bits per heavy atom. The SMILES string of the molecule is CCC(C)(C)c1ccc(S(=O)(=O)c2ccc(Oc3ccc(C(c4ccc(OC(C)c5ccc(S(=O)(=O)c6ccc(C)cc6)cc5)cc4)(C(F)(F)F)C(F)(F)F)cc3)cc2)cc1. The maximum absolute atomic E-state index is 14.9. The van der Waals surface area contributed by atoms with Crippen LogP contribution in [-0.4, -0.2) is 29.2 Å². The summed E-state index contributed by atoms with van der Waals surface area (Å²) in [6.45, 7) is 9.57. The van der Waals surface area contributed by atoms with E-state index < -0.39 is 54.7 Å². The highest BCUT2D eigenvalue weighted by Gasteiger charge is 2.72. The van der Waals surface area contributed by atoms with Crippen molar-refractivity contribution in [2.24, 2.45) is 0 Å². The quantitative estimate of drug-likeness (QED) is 0.107. The van der Waals surface area contributed by atoms with E-state index in [4.69, 9.17) is 9.47 Å². The molecule has 6 rings (SSSR count). The Morgan fingerprint density at radius 1 is 0.492 bits per heavy atom. The Morgan fingerprint density at radius 2 is 0.820 bits per heavy atom. The summed E-state index contributed by atoms with van der Waals surface area (Å²) >= 11 is 0. The van der Waals surface area contributed by atoms with Gasteiger partial charge in [0.15, 0.2) is 0 Å². The van der Waals surface area contributed by atoms with Crippen molar-refractivity contribution in [3.63, 3.8) is 0 Å². The van der Waals surface area contributed by atoms with Gasteiger partial charge in [0.25, 0.3) is 0 Å². The van der Waals surface area contributed by atoms with E-state index in [9.17, 15) is 43.2 Å². The second-order valence-corrected chi connectivity index (χ2v) is 19.2. The summed E-state index contributed by atoms with van der Waals surface area (Å²) in [7, 11) is -7.71. The number of alkyl halides is 6. The van der Waals surface area contributed by atoms with Gasteiger partial charge in [-0.1, -0.05) is 87.0 Å². The molecule has 320 valence electrons. The van der Waals surface area contributed by atoms with Crippen molar-refractivity contribution >= 4 is 19.7 Å². The van der Waals surface area contributed by atoms with Crippen LogP contribution in [0.25, 0.3) is 0 Å². The monoisotopic (exact) mass is 880 g/mol. The zero-order valence-corrected chi connectivity index (χ0v) is 35.3. The van der Waals surface area contributed by atoms with Gasteiger partial charge in [-0.15, -0.1) is 0 Å². The van der Waals surface area contributed by atoms with Crippen molar-refractivity contribution in [3.8, 4) is 17.2 Å². The molecule has 0 spiro atoms. The van der Waals surface area contributed by atoms with Gasteiger partial charge >= 0.3 is 12.4 Å². The van der Waals surface area contributed by atoms with Crippen LogP contribution < -0.4 is 9.47 Å². The second-order valence-electron chi connectivity index (χ2n) is 15.3. The zero-order valence-electron chi connectivity index (χ0n) is 33.7. The first kappa shape index (κ1) is 44.9. The summed E-state index contributed by atoms with van der Waals surface area (Å²) < 4.78 is 154. The number of benzene rings is 6. The zero-order chi connectivity index (χ0) is 44.6. The summed E-state index contributed by atoms with van der Waals surface area (Å²) in [6, 6.07) is 30.8. The van der Waals surface area contributed by atoms with Gasteiger partial charge in [-0.2, -0.15) is 26.3 Å². The molecule has 0 saturated heterocycles. The van der Waals surface area contributed by atoms with Crippen molar-refractivity contribution in [1.29, 1.82) is 0 Å². The molecule has 0 radical (unpaired) electrons. The van der Waals surface area contributed by atoms with Gasteiger partial charge in [0.2, 0.25) is 25.1 Å². The number of aryl methyl sites for hydroxylation is 1. The van der Waals surface area contributed by atoms with Gasteiger partial charge < -0.3 is 9.47 Å². The third-order valence-electron chi connectivity index (χ3n) is 10.9.